The Morgan fingerprint density at radius 1 is 1.21 bits per heavy atom. The average Bonchev–Trinajstić information content (AvgIpc) is 2.38. The zero-order chi connectivity index (χ0) is 14.3. The summed E-state index contributed by atoms with van der Waals surface area (Å²) in [5.41, 5.74) is 0. The fourth-order valence-electron chi connectivity index (χ4n) is 2.65. The normalized spacial score (nSPS) is 16.4. The molecule has 0 radical (unpaired) electrons. The summed E-state index contributed by atoms with van der Waals surface area (Å²) in [6.45, 7) is 6.85. The van der Waals surface area contributed by atoms with Gasteiger partial charge in [-0.25, -0.2) is 0 Å². The molecule has 0 saturated heterocycles. The van der Waals surface area contributed by atoms with Crippen LogP contribution in [0.3, 0.4) is 0 Å². The van der Waals surface area contributed by atoms with Crippen LogP contribution in [0.15, 0.2) is 0 Å². The summed E-state index contributed by atoms with van der Waals surface area (Å²) in [5.74, 6) is 0.288. The van der Waals surface area contributed by atoms with E-state index in [1.165, 1.54) is 19.3 Å². The van der Waals surface area contributed by atoms with Crippen molar-refractivity contribution in [1.82, 2.24) is 10.2 Å². The Balaban J connectivity index is 2.30. The molecule has 1 N–H and O–H groups in total. The van der Waals surface area contributed by atoms with E-state index in [1.807, 2.05) is 18.7 Å². The van der Waals surface area contributed by atoms with Gasteiger partial charge in [-0.05, 0) is 19.3 Å². The molecular formula is C15H28N2O2. The van der Waals surface area contributed by atoms with Gasteiger partial charge in [0.1, 0.15) is 0 Å². The lowest BCUT2D eigenvalue weighted by molar-refractivity contribution is -0.131. The van der Waals surface area contributed by atoms with Crippen molar-refractivity contribution in [3.63, 3.8) is 0 Å². The molecule has 4 heteroatoms. The molecule has 1 aliphatic rings. The number of hydrogen-bond acceptors (Lipinski definition) is 2. The number of amides is 2. The van der Waals surface area contributed by atoms with E-state index in [2.05, 4.69) is 5.32 Å². The number of nitrogens with one attached hydrogen (secondary N) is 1. The van der Waals surface area contributed by atoms with Crippen molar-refractivity contribution in [1.29, 1.82) is 0 Å². The van der Waals surface area contributed by atoms with Gasteiger partial charge in [-0.1, -0.05) is 33.1 Å². The highest BCUT2D eigenvalue weighted by molar-refractivity contribution is 5.77. The predicted octanol–water partition coefficient (Wildman–Crippen LogP) is 2.33. The van der Waals surface area contributed by atoms with Crippen molar-refractivity contribution in [2.75, 3.05) is 13.1 Å². The standard InChI is InChI=1S/C15H28N2O2/c1-12(2)15(19)16-10-7-11-17(13(3)18)14-8-5-4-6-9-14/h12,14H,4-11H2,1-3H3,(H,16,19). The predicted molar refractivity (Wildman–Crippen MR) is 76.7 cm³/mol. The van der Waals surface area contributed by atoms with Gasteiger partial charge in [0.05, 0.1) is 0 Å². The number of carbonyl (C=O) groups is 2. The van der Waals surface area contributed by atoms with Gasteiger partial charge in [-0.2, -0.15) is 0 Å². The summed E-state index contributed by atoms with van der Waals surface area (Å²) in [4.78, 5) is 25.2. The van der Waals surface area contributed by atoms with Gasteiger partial charge in [0.15, 0.2) is 0 Å². The third kappa shape index (κ3) is 5.62. The van der Waals surface area contributed by atoms with Crippen LogP contribution in [0.25, 0.3) is 0 Å². The Kier molecular flexibility index (Phi) is 6.89. The number of hydrogen-bond donors (Lipinski definition) is 1. The highest BCUT2D eigenvalue weighted by Gasteiger charge is 2.22. The minimum atomic E-state index is 0.0299. The Hall–Kier alpha value is -1.06. The third-order valence-electron chi connectivity index (χ3n) is 3.82. The van der Waals surface area contributed by atoms with Crippen molar-refractivity contribution in [2.45, 2.75) is 65.3 Å². The zero-order valence-corrected chi connectivity index (χ0v) is 12.6. The topological polar surface area (TPSA) is 49.4 Å². The second-order valence-electron chi connectivity index (χ2n) is 5.80. The monoisotopic (exact) mass is 268 g/mol. The summed E-state index contributed by atoms with van der Waals surface area (Å²) >= 11 is 0. The van der Waals surface area contributed by atoms with Gasteiger partial charge in [0, 0.05) is 32.0 Å². The van der Waals surface area contributed by atoms with Gasteiger partial charge >= 0.3 is 0 Å². The van der Waals surface area contributed by atoms with Gasteiger partial charge in [-0.15, -0.1) is 0 Å². The van der Waals surface area contributed by atoms with Crippen LogP contribution in [0, 0.1) is 5.92 Å². The maximum absolute atomic E-state index is 11.7. The van der Waals surface area contributed by atoms with Crippen LogP contribution >= 0.6 is 0 Å². The van der Waals surface area contributed by atoms with E-state index in [9.17, 15) is 9.59 Å². The average molecular weight is 268 g/mol. The molecule has 0 aromatic rings. The molecule has 4 nitrogen and oxygen atoms in total. The van der Waals surface area contributed by atoms with Gasteiger partial charge < -0.3 is 10.2 Å². The summed E-state index contributed by atoms with van der Waals surface area (Å²) in [5, 5.41) is 2.90. The smallest absolute Gasteiger partial charge is 0.222 e. The van der Waals surface area contributed by atoms with E-state index in [1.54, 1.807) is 6.92 Å². The van der Waals surface area contributed by atoms with Crippen molar-refractivity contribution in [3.05, 3.63) is 0 Å². The van der Waals surface area contributed by atoms with Gasteiger partial charge in [0.2, 0.25) is 11.8 Å². The first-order valence-electron chi connectivity index (χ1n) is 7.57. The largest absolute Gasteiger partial charge is 0.356 e. The maximum atomic E-state index is 11.7. The van der Waals surface area contributed by atoms with E-state index >= 15 is 0 Å². The Labute approximate surface area is 116 Å². The lowest BCUT2D eigenvalue weighted by atomic mass is 9.94. The van der Waals surface area contributed by atoms with Crippen LogP contribution in [0.1, 0.15) is 59.3 Å². The van der Waals surface area contributed by atoms with Crippen LogP contribution in [-0.4, -0.2) is 35.8 Å². The fraction of sp³-hybridized carbons (Fsp3) is 0.867. The molecule has 0 aliphatic heterocycles. The maximum Gasteiger partial charge on any atom is 0.222 e. The van der Waals surface area contributed by atoms with Crippen LogP contribution in [0.5, 0.6) is 0 Å². The molecule has 0 unspecified atom stereocenters. The Bertz CT molecular complexity index is 297. The molecular weight excluding hydrogens is 240 g/mol. The summed E-state index contributed by atoms with van der Waals surface area (Å²) in [7, 11) is 0. The minimum Gasteiger partial charge on any atom is -0.356 e. The van der Waals surface area contributed by atoms with Crippen molar-refractivity contribution < 1.29 is 9.59 Å². The summed E-state index contributed by atoms with van der Waals surface area (Å²) in [6, 6.07) is 0.423. The van der Waals surface area contributed by atoms with E-state index in [0.29, 0.717) is 12.6 Å². The minimum absolute atomic E-state index is 0.0299. The molecule has 1 aliphatic carbocycles. The highest BCUT2D eigenvalue weighted by Crippen LogP contribution is 2.22. The van der Waals surface area contributed by atoms with Crippen LogP contribution in [0.2, 0.25) is 0 Å². The SMILES string of the molecule is CC(=O)N(CCCNC(=O)C(C)C)C1CCCCC1. The van der Waals surface area contributed by atoms with Gasteiger partial charge in [0.25, 0.3) is 0 Å². The van der Waals surface area contributed by atoms with Crippen LogP contribution in [-0.2, 0) is 9.59 Å². The van der Waals surface area contributed by atoms with Gasteiger partial charge in [-0.3, -0.25) is 9.59 Å². The molecule has 0 aromatic carbocycles. The molecule has 0 atom stereocenters. The number of nitrogens with zero attached hydrogens (tertiary/aromatic N) is 1. The van der Waals surface area contributed by atoms with E-state index in [4.69, 9.17) is 0 Å². The lowest BCUT2D eigenvalue weighted by Crippen LogP contribution is -2.42. The summed E-state index contributed by atoms with van der Waals surface area (Å²) in [6.07, 6.45) is 6.88. The second kappa shape index (κ2) is 8.18. The quantitative estimate of drug-likeness (QED) is 0.752. The first-order valence-corrected chi connectivity index (χ1v) is 7.57. The molecule has 0 spiro atoms. The first kappa shape index (κ1) is 16.0. The summed E-state index contributed by atoms with van der Waals surface area (Å²) < 4.78 is 0. The molecule has 0 heterocycles. The number of carbonyl (C=O) groups excluding carboxylic acids is 2. The fourth-order valence-corrected chi connectivity index (χ4v) is 2.65. The molecule has 2 amide bonds. The van der Waals surface area contributed by atoms with Crippen LogP contribution < -0.4 is 5.32 Å². The molecule has 110 valence electrons. The molecule has 1 saturated carbocycles. The molecule has 0 aromatic heterocycles. The first-order chi connectivity index (χ1) is 9.02. The Morgan fingerprint density at radius 3 is 2.37 bits per heavy atom. The molecule has 1 rings (SSSR count). The van der Waals surface area contributed by atoms with Crippen molar-refractivity contribution in [3.8, 4) is 0 Å². The van der Waals surface area contributed by atoms with Crippen molar-refractivity contribution in [2.24, 2.45) is 5.92 Å². The van der Waals surface area contributed by atoms with E-state index in [-0.39, 0.29) is 17.7 Å². The lowest BCUT2D eigenvalue weighted by Gasteiger charge is -2.33. The van der Waals surface area contributed by atoms with E-state index in [0.717, 1.165) is 25.8 Å². The third-order valence-corrected chi connectivity index (χ3v) is 3.82. The zero-order valence-electron chi connectivity index (χ0n) is 12.6. The molecule has 0 bridgehead atoms. The highest BCUT2D eigenvalue weighted by atomic mass is 16.2. The molecule has 19 heavy (non-hydrogen) atoms. The molecule has 1 fully saturated rings. The number of rotatable bonds is 6. The van der Waals surface area contributed by atoms with E-state index < -0.39 is 0 Å². The van der Waals surface area contributed by atoms with Crippen LogP contribution in [0.4, 0.5) is 0 Å². The Morgan fingerprint density at radius 2 is 1.84 bits per heavy atom. The van der Waals surface area contributed by atoms with Crippen molar-refractivity contribution >= 4 is 11.8 Å². The second-order valence-corrected chi connectivity index (χ2v) is 5.80.